The van der Waals surface area contributed by atoms with Crippen LogP contribution in [0.2, 0.25) is 0 Å². The first kappa shape index (κ1) is 17.9. The van der Waals surface area contributed by atoms with Crippen LogP contribution in [0.15, 0.2) is 24.3 Å². The second-order valence-corrected chi connectivity index (χ2v) is 5.58. The number of hydrogen-bond acceptors (Lipinski definition) is 4. The molecule has 0 heterocycles. The molecule has 22 heavy (non-hydrogen) atoms. The van der Waals surface area contributed by atoms with Crippen LogP contribution in [0.25, 0.3) is 0 Å². The average molecular weight is 323 g/mol. The zero-order valence-corrected chi connectivity index (χ0v) is 13.8. The van der Waals surface area contributed by atoms with Gasteiger partial charge in [0.15, 0.2) is 5.11 Å². The van der Waals surface area contributed by atoms with Crippen LogP contribution in [-0.2, 0) is 20.7 Å². The summed E-state index contributed by atoms with van der Waals surface area (Å²) < 4.78 is 4.61. The van der Waals surface area contributed by atoms with Crippen LogP contribution in [0, 0.1) is 5.92 Å². The van der Waals surface area contributed by atoms with Crippen molar-refractivity contribution in [2.24, 2.45) is 5.92 Å². The Morgan fingerprint density at radius 3 is 2.36 bits per heavy atom. The summed E-state index contributed by atoms with van der Waals surface area (Å²) in [6.45, 7) is 3.93. The molecule has 0 aliphatic carbocycles. The normalized spacial score (nSPS) is 10.0. The van der Waals surface area contributed by atoms with E-state index in [4.69, 9.17) is 12.2 Å². The molecule has 0 fully saturated rings. The van der Waals surface area contributed by atoms with Gasteiger partial charge in [-0.2, -0.15) is 0 Å². The van der Waals surface area contributed by atoms with E-state index in [1.54, 1.807) is 24.3 Å². The maximum absolute atomic E-state index is 11.5. The van der Waals surface area contributed by atoms with E-state index in [0.717, 1.165) is 11.3 Å². The van der Waals surface area contributed by atoms with Crippen LogP contribution >= 0.6 is 12.2 Å². The molecule has 3 N–H and O–H groups in total. The Labute approximate surface area is 135 Å². The van der Waals surface area contributed by atoms with Gasteiger partial charge in [-0.3, -0.25) is 20.4 Å². The minimum absolute atomic E-state index is 0.118. The summed E-state index contributed by atoms with van der Waals surface area (Å²) in [4.78, 5) is 22.6. The predicted octanol–water partition coefficient (Wildman–Crippen LogP) is 1.77. The fourth-order valence-corrected chi connectivity index (χ4v) is 1.82. The van der Waals surface area contributed by atoms with Crippen molar-refractivity contribution < 1.29 is 14.3 Å². The number of carbonyl (C=O) groups is 2. The van der Waals surface area contributed by atoms with Gasteiger partial charge in [0.25, 0.3) is 0 Å². The monoisotopic (exact) mass is 323 g/mol. The average Bonchev–Trinajstić information content (AvgIpc) is 2.46. The first-order chi connectivity index (χ1) is 10.4. The van der Waals surface area contributed by atoms with Crippen LogP contribution in [-0.4, -0.2) is 24.1 Å². The molecule has 0 aromatic heterocycles. The van der Waals surface area contributed by atoms with Crippen molar-refractivity contribution in [2.45, 2.75) is 26.7 Å². The number of rotatable bonds is 5. The van der Waals surface area contributed by atoms with E-state index < -0.39 is 0 Å². The van der Waals surface area contributed by atoms with E-state index in [0.29, 0.717) is 6.42 Å². The number of esters is 1. The Morgan fingerprint density at radius 2 is 1.82 bits per heavy atom. The first-order valence-electron chi connectivity index (χ1n) is 6.92. The van der Waals surface area contributed by atoms with Crippen LogP contribution in [0.4, 0.5) is 5.69 Å². The first-order valence-corrected chi connectivity index (χ1v) is 7.33. The summed E-state index contributed by atoms with van der Waals surface area (Å²) in [5, 5.41) is 3.22. The van der Waals surface area contributed by atoms with Gasteiger partial charge in [-0.1, -0.05) is 26.0 Å². The van der Waals surface area contributed by atoms with Crippen molar-refractivity contribution in [3.05, 3.63) is 29.8 Å². The second kappa shape index (κ2) is 8.99. The molecule has 6 nitrogen and oxygen atoms in total. The molecule has 0 aliphatic heterocycles. The van der Waals surface area contributed by atoms with Gasteiger partial charge in [-0.15, -0.1) is 0 Å². The number of methoxy groups -OCH3 is 1. The lowest BCUT2D eigenvalue weighted by atomic mass is 10.1. The van der Waals surface area contributed by atoms with E-state index in [1.807, 2.05) is 13.8 Å². The van der Waals surface area contributed by atoms with Gasteiger partial charge in [0, 0.05) is 12.1 Å². The van der Waals surface area contributed by atoms with Gasteiger partial charge in [-0.05, 0) is 35.8 Å². The molecular formula is C15H21N3O3S. The largest absolute Gasteiger partial charge is 0.469 e. The molecule has 1 amide bonds. The van der Waals surface area contributed by atoms with Crippen LogP contribution < -0.4 is 16.2 Å². The highest BCUT2D eigenvalue weighted by molar-refractivity contribution is 7.80. The molecule has 1 aromatic rings. The number of amides is 1. The smallest absolute Gasteiger partial charge is 0.309 e. The number of thiocarbonyl (C=S) groups is 1. The van der Waals surface area contributed by atoms with Crippen molar-refractivity contribution in [3.8, 4) is 0 Å². The lowest BCUT2D eigenvalue weighted by molar-refractivity contribution is -0.139. The van der Waals surface area contributed by atoms with E-state index in [9.17, 15) is 9.59 Å². The standard InChI is InChI=1S/C15H21N3O3S/c1-10(2)8-13(19)17-18-15(22)16-12-6-4-11(5-7-12)9-14(20)21-3/h4-7,10H,8-9H2,1-3H3,(H,17,19)(H2,16,18,22). The zero-order valence-electron chi connectivity index (χ0n) is 12.9. The van der Waals surface area contributed by atoms with Crippen LogP contribution in [0.3, 0.4) is 0 Å². The Kier molecular flexibility index (Phi) is 7.31. The Bertz CT molecular complexity index is 529. The maximum atomic E-state index is 11.5. The Morgan fingerprint density at radius 1 is 1.18 bits per heavy atom. The van der Waals surface area contributed by atoms with Gasteiger partial charge in [0.2, 0.25) is 5.91 Å². The van der Waals surface area contributed by atoms with E-state index in [1.165, 1.54) is 7.11 Å². The molecule has 1 rings (SSSR count). The number of anilines is 1. The number of hydrogen-bond donors (Lipinski definition) is 3. The van der Waals surface area contributed by atoms with Gasteiger partial charge in [0.05, 0.1) is 13.5 Å². The predicted molar refractivity (Wildman–Crippen MR) is 89.1 cm³/mol. The highest BCUT2D eigenvalue weighted by atomic mass is 32.1. The van der Waals surface area contributed by atoms with E-state index in [2.05, 4.69) is 20.9 Å². The lowest BCUT2D eigenvalue weighted by Gasteiger charge is -2.12. The van der Waals surface area contributed by atoms with Gasteiger partial charge < -0.3 is 10.1 Å². The molecule has 0 bridgehead atoms. The summed E-state index contributed by atoms with van der Waals surface area (Å²) in [5.41, 5.74) is 6.77. The lowest BCUT2D eigenvalue weighted by Crippen LogP contribution is -2.44. The van der Waals surface area contributed by atoms with E-state index in [-0.39, 0.29) is 29.3 Å². The second-order valence-electron chi connectivity index (χ2n) is 5.18. The molecule has 0 unspecified atom stereocenters. The fourth-order valence-electron chi connectivity index (χ4n) is 1.66. The molecular weight excluding hydrogens is 302 g/mol. The summed E-state index contributed by atoms with van der Waals surface area (Å²) in [7, 11) is 1.36. The quantitative estimate of drug-likeness (QED) is 0.435. The number of benzene rings is 1. The number of nitrogens with one attached hydrogen (secondary N) is 3. The molecule has 0 saturated heterocycles. The molecule has 1 aromatic carbocycles. The molecule has 0 radical (unpaired) electrons. The Hall–Kier alpha value is -2.15. The van der Waals surface area contributed by atoms with E-state index >= 15 is 0 Å². The third kappa shape index (κ3) is 7.03. The molecule has 0 atom stereocenters. The molecule has 7 heteroatoms. The van der Waals surface area contributed by atoms with Gasteiger partial charge in [-0.25, -0.2) is 0 Å². The minimum atomic E-state index is -0.286. The highest BCUT2D eigenvalue weighted by Gasteiger charge is 2.06. The topological polar surface area (TPSA) is 79.5 Å². The van der Waals surface area contributed by atoms with Crippen LogP contribution in [0.1, 0.15) is 25.8 Å². The number of carbonyl (C=O) groups excluding carboxylic acids is 2. The third-order valence-electron chi connectivity index (χ3n) is 2.70. The number of ether oxygens (including phenoxy) is 1. The molecule has 0 saturated carbocycles. The fraction of sp³-hybridized carbons (Fsp3) is 0.400. The highest BCUT2D eigenvalue weighted by Crippen LogP contribution is 2.10. The summed E-state index contributed by atoms with van der Waals surface area (Å²) >= 11 is 5.08. The number of hydrazine groups is 1. The summed E-state index contributed by atoms with van der Waals surface area (Å²) in [5.74, 6) is -0.121. The zero-order chi connectivity index (χ0) is 16.5. The minimum Gasteiger partial charge on any atom is -0.469 e. The van der Waals surface area contributed by atoms with Crippen molar-refractivity contribution in [3.63, 3.8) is 0 Å². The van der Waals surface area contributed by atoms with Gasteiger partial charge in [0.1, 0.15) is 0 Å². The molecule has 0 aliphatic rings. The van der Waals surface area contributed by atoms with Gasteiger partial charge >= 0.3 is 5.97 Å². The SMILES string of the molecule is COC(=O)Cc1ccc(NC(=S)NNC(=O)CC(C)C)cc1. The summed E-state index contributed by atoms with van der Waals surface area (Å²) in [6.07, 6.45) is 0.655. The van der Waals surface area contributed by atoms with Crippen molar-refractivity contribution in [2.75, 3.05) is 12.4 Å². The molecule has 0 spiro atoms. The Balaban J connectivity index is 2.41. The van der Waals surface area contributed by atoms with Crippen LogP contribution in [0.5, 0.6) is 0 Å². The van der Waals surface area contributed by atoms with Crippen molar-refractivity contribution in [1.29, 1.82) is 0 Å². The molecule has 120 valence electrons. The maximum Gasteiger partial charge on any atom is 0.309 e. The summed E-state index contributed by atoms with van der Waals surface area (Å²) in [6, 6.07) is 7.20. The third-order valence-corrected chi connectivity index (χ3v) is 2.90. The van der Waals surface area contributed by atoms with Crippen molar-refractivity contribution in [1.82, 2.24) is 10.9 Å². The van der Waals surface area contributed by atoms with Crippen molar-refractivity contribution >= 4 is 34.9 Å².